The monoisotopic (exact) mass is 377 g/mol. The van der Waals surface area contributed by atoms with E-state index in [4.69, 9.17) is 0 Å². The van der Waals surface area contributed by atoms with E-state index in [9.17, 15) is 0 Å². The number of hydrogen-bond acceptors (Lipinski definition) is 0. The van der Waals surface area contributed by atoms with Crippen LogP contribution in [0.4, 0.5) is 0 Å². The highest BCUT2D eigenvalue weighted by atomic mass is 15.0. The maximum atomic E-state index is 2.51. The number of hydrogen-bond donors (Lipinski definition) is 0. The lowest BCUT2D eigenvalue weighted by atomic mass is 9.95. The summed E-state index contributed by atoms with van der Waals surface area (Å²) >= 11 is 0. The van der Waals surface area contributed by atoms with Crippen LogP contribution < -0.4 is 4.57 Å². The van der Waals surface area contributed by atoms with E-state index in [1.807, 2.05) is 0 Å². The zero-order valence-electron chi connectivity index (χ0n) is 17.7. The zero-order valence-corrected chi connectivity index (χ0v) is 17.7. The molecule has 0 aliphatic heterocycles. The molecule has 0 aliphatic rings. The van der Waals surface area contributed by atoms with E-state index >= 15 is 0 Å². The molecule has 142 valence electrons. The minimum atomic E-state index is 0.511. The Morgan fingerprint density at radius 3 is 2.41 bits per heavy atom. The molecule has 3 aromatic heterocycles. The van der Waals surface area contributed by atoms with E-state index in [1.165, 1.54) is 65.7 Å². The van der Waals surface area contributed by atoms with Crippen LogP contribution in [0.25, 0.3) is 49.0 Å². The SMILES string of the molecule is Cc1cc(C)c2c3c1cccc3n1c3cc(C(C)C)ccc3c3cc[n+](C)c2c31. The van der Waals surface area contributed by atoms with Crippen molar-refractivity contribution in [2.75, 3.05) is 0 Å². The van der Waals surface area contributed by atoms with Crippen LogP contribution >= 0.6 is 0 Å². The molecule has 0 unspecified atom stereocenters. The van der Waals surface area contributed by atoms with Crippen LogP contribution in [0, 0.1) is 13.8 Å². The van der Waals surface area contributed by atoms with E-state index in [-0.39, 0.29) is 0 Å². The Labute approximate surface area is 170 Å². The summed E-state index contributed by atoms with van der Waals surface area (Å²) in [5.41, 5.74) is 9.37. The van der Waals surface area contributed by atoms with Crippen molar-refractivity contribution in [3.05, 3.63) is 71.4 Å². The largest absolute Gasteiger partial charge is 0.303 e. The van der Waals surface area contributed by atoms with Crippen LogP contribution in [0.2, 0.25) is 0 Å². The molecule has 0 spiro atoms. The second-order valence-electron chi connectivity index (χ2n) is 8.89. The molecule has 3 heterocycles. The Bertz CT molecular complexity index is 1600. The topological polar surface area (TPSA) is 8.29 Å². The van der Waals surface area contributed by atoms with Gasteiger partial charge in [0.15, 0.2) is 6.20 Å². The van der Waals surface area contributed by atoms with Crippen molar-refractivity contribution in [3.63, 3.8) is 0 Å². The summed E-state index contributed by atoms with van der Waals surface area (Å²) < 4.78 is 4.81. The Morgan fingerprint density at radius 1 is 0.793 bits per heavy atom. The van der Waals surface area contributed by atoms with Crippen molar-refractivity contribution in [2.24, 2.45) is 7.05 Å². The van der Waals surface area contributed by atoms with E-state index in [0.29, 0.717) is 5.92 Å². The average molecular weight is 378 g/mol. The predicted molar refractivity (Wildman–Crippen MR) is 123 cm³/mol. The van der Waals surface area contributed by atoms with Crippen molar-refractivity contribution in [1.82, 2.24) is 4.40 Å². The van der Waals surface area contributed by atoms with Crippen molar-refractivity contribution in [3.8, 4) is 0 Å². The number of aromatic nitrogens is 2. The van der Waals surface area contributed by atoms with Gasteiger partial charge in [0, 0.05) is 22.2 Å². The van der Waals surface area contributed by atoms with Gasteiger partial charge in [-0.2, -0.15) is 4.57 Å². The summed E-state index contributed by atoms with van der Waals surface area (Å²) in [6.45, 7) is 9.03. The molecule has 6 aromatic rings. The molecule has 3 aromatic carbocycles. The van der Waals surface area contributed by atoms with Gasteiger partial charge in [-0.25, -0.2) is 0 Å². The second kappa shape index (κ2) is 5.48. The van der Waals surface area contributed by atoms with Gasteiger partial charge >= 0.3 is 0 Å². The van der Waals surface area contributed by atoms with Crippen LogP contribution in [0.5, 0.6) is 0 Å². The number of aryl methyl sites for hydroxylation is 3. The van der Waals surface area contributed by atoms with Crippen molar-refractivity contribution < 1.29 is 4.57 Å². The maximum absolute atomic E-state index is 2.51. The lowest BCUT2D eigenvalue weighted by Crippen LogP contribution is -2.29. The minimum Gasteiger partial charge on any atom is -0.303 e. The summed E-state index contributed by atoms with van der Waals surface area (Å²) in [5, 5.41) is 6.80. The van der Waals surface area contributed by atoms with Crippen molar-refractivity contribution in [2.45, 2.75) is 33.6 Å². The molecule has 0 bridgehead atoms. The summed E-state index contributed by atoms with van der Waals surface area (Å²) in [5.74, 6) is 0.511. The first-order valence-corrected chi connectivity index (χ1v) is 10.5. The Morgan fingerprint density at radius 2 is 1.62 bits per heavy atom. The van der Waals surface area contributed by atoms with Crippen molar-refractivity contribution >= 4 is 49.0 Å². The van der Waals surface area contributed by atoms with Crippen molar-refractivity contribution in [1.29, 1.82) is 0 Å². The molecule has 0 saturated carbocycles. The molecule has 0 amide bonds. The number of rotatable bonds is 1. The fourth-order valence-corrected chi connectivity index (χ4v) is 5.36. The first-order chi connectivity index (χ1) is 14.0. The van der Waals surface area contributed by atoms with Crippen LogP contribution in [0.15, 0.2) is 54.7 Å². The molecule has 2 heteroatoms. The van der Waals surface area contributed by atoms with E-state index < -0.39 is 0 Å². The highest BCUT2D eigenvalue weighted by Crippen LogP contribution is 2.41. The Balaban J connectivity index is 2.06. The average Bonchev–Trinajstić information content (AvgIpc) is 3.03. The summed E-state index contributed by atoms with van der Waals surface area (Å²) in [7, 11) is 2.18. The third-order valence-corrected chi connectivity index (χ3v) is 6.76. The van der Waals surface area contributed by atoms with E-state index in [2.05, 4.69) is 98.4 Å². The number of nitrogens with zero attached hydrogens (tertiary/aromatic N) is 2. The van der Waals surface area contributed by atoms with Gasteiger partial charge in [0.1, 0.15) is 12.6 Å². The standard InChI is InChI=1S/C27H25N2/c1-15(2)18-9-10-20-21-11-12-28(5)27-24-17(4)13-16(3)19-7-6-8-22(25(19)24)29(26(21)27)23(20)14-18/h6-15H,1-5H3/q+1. The van der Waals surface area contributed by atoms with Crippen LogP contribution in [-0.4, -0.2) is 4.40 Å². The molecule has 0 N–H and O–H groups in total. The molecule has 0 atom stereocenters. The molecule has 0 aliphatic carbocycles. The van der Waals surface area contributed by atoms with Gasteiger partial charge in [-0.1, -0.05) is 44.2 Å². The van der Waals surface area contributed by atoms with Crippen LogP contribution in [0.1, 0.15) is 36.5 Å². The first kappa shape index (κ1) is 16.8. The van der Waals surface area contributed by atoms with Gasteiger partial charge in [-0.15, -0.1) is 0 Å². The molecular weight excluding hydrogens is 352 g/mol. The fourth-order valence-electron chi connectivity index (χ4n) is 5.36. The molecule has 0 saturated heterocycles. The van der Waals surface area contributed by atoms with Gasteiger partial charge in [-0.05, 0) is 54.0 Å². The summed E-state index contributed by atoms with van der Waals surface area (Å²) in [4.78, 5) is 0. The molecule has 0 fully saturated rings. The minimum absolute atomic E-state index is 0.511. The Kier molecular flexibility index (Phi) is 3.17. The molecule has 0 radical (unpaired) electrons. The van der Waals surface area contributed by atoms with Gasteiger partial charge in [0.2, 0.25) is 5.52 Å². The lowest BCUT2D eigenvalue weighted by Gasteiger charge is -2.15. The highest BCUT2D eigenvalue weighted by molar-refractivity contribution is 6.26. The number of benzene rings is 3. The first-order valence-electron chi connectivity index (χ1n) is 10.5. The van der Waals surface area contributed by atoms with Crippen LogP contribution in [0.3, 0.4) is 0 Å². The second-order valence-corrected chi connectivity index (χ2v) is 8.89. The maximum Gasteiger partial charge on any atom is 0.238 e. The molecule has 2 nitrogen and oxygen atoms in total. The van der Waals surface area contributed by atoms with Gasteiger partial charge < -0.3 is 4.40 Å². The highest BCUT2D eigenvalue weighted by Gasteiger charge is 2.24. The number of pyridine rings is 2. The number of fused-ring (bicyclic) bond motifs is 5. The smallest absolute Gasteiger partial charge is 0.238 e. The fraction of sp³-hybridized carbons (Fsp3) is 0.222. The zero-order chi connectivity index (χ0) is 20.0. The molecule has 29 heavy (non-hydrogen) atoms. The molecule has 6 rings (SSSR count). The predicted octanol–water partition coefficient (Wildman–Crippen LogP) is 6.55. The van der Waals surface area contributed by atoms with Crippen LogP contribution in [-0.2, 0) is 7.05 Å². The third kappa shape index (κ3) is 1.99. The van der Waals surface area contributed by atoms with Gasteiger partial charge in [0.05, 0.1) is 16.4 Å². The quantitative estimate of drug-likeness (QED) is 0.174. The molecular formula is C27H25N2+. The van der Waals surface area contributed by atoms with Gasteiger partial charge in [0.25, 0.3) is 0 Å². The third-order valence-electron chi connectivity index (χ3n) is 6.76. The Hall–Kier alpha value is -3.13. The van der Waals surface area contributed by atoms with E-state index in [0.717, 1.165) is 0 Å². The van der Waals surface area contributed by atoms with E-state index in [1.54, 1.807) is 0 Å². The summed E-state index contributed by atoms with van der Waals surface area (Å²) in [6.07, 6.45) is 2.22. The lowest BCUT2D eigenvalue weighted by molar-refractivity contribution is -0.644. The normalized spacial score (nSPS) is 12.6. The van der Waals surface area contributed by atoms with Gasteiger partial charge in [-0.3, -0.25) is 0 Å². The summed E-state index contributed by atoms with van der Waals surface area (Å²) in [6, 6.07) is 18.4.